The fourth-order valence-electron chi connectivity index (χ4n) is 4.42. The number of fused-ring (bicyclic) bond motifs is 1. The Kier molecular flexibility index (Phi) is 4.69. The molecule has 2 aromatic heterocycles. The summed E-state index contributed by atoms with van der Waals surface area (Å²) in [6.45, 7) is 3.93. The van der Waals surface area contributed by atoms with Gasteiger partial charge >= 0.3 is 0 Å². The zero-order valence-electron chi connectivity index (χ0n) is 16.8. The number of piperidine rings is 1. The summed E-state index contributed by atoms with van der Waals surface area (Å²) < 4.78 is 8.47. The summed E-state index contributed by atoms with van der Waals surface area (Å²) >= 11 is 0. The zero-order valence-corrected chi connectivity index (χ0v) is 16.8. The molecule has 6 nitrogen and oxygen atoms in total. The Morgan fingerprint density at radius 1 is 1.07 bits per heavy atom. The van der Waals surface area contributed by atoms with Gasteiger partial charge in [-0.2, -0.15) is 0 Å². The van der Waals surface area contributed by atoms with Gasteiger partial charge in [-0.05, 0) is 65.0 Å². The molecule has 1 aliphatic carbocycles. The molecule has 1 aliphatic heterocycles. The first-order chi connectivity index (χ1) is 13.7. The second-order valence-electron chi connectivity index (χ2n) is 8.61. The monoisotopic (exact) mass is 379 g/mol. The van der Waals surface area contributed by atoms with Gasteiger partial charge in [-0.15, -0.1) is 10.2 Å². The van der Waals surface area contributed by atoms with Gasteiger partial charge in [0.1, 0.15) is 23.0 Å². The van der Waals surface area contributed by atoms with Gasteiger partial charge in [-0.3, -0.25) is 4.90 Å². The largest absolute Gasteiger partial charge is 0.460 e. The predicted octanol–water partition coefficient (Wildman–Crippen LogP) is 3.80. The summed E-state index contributed by atoms with van der Waals surface area (Å²) in [5, 5.41) is 10.4. The smallest absolute Gasteiger partial charge is 0.147 e. The third-order valence-electron chi connectivity index (χ3n) is 5.97. The first-order valence-electron chi connectivity index (χ1n) is 10.5. The molecular weight excluding hydrogens is 350 g/mol. The van der Waals surface area contributed by atoms with Gasteiger partial charge in [0.25, 0.3) is 0 Å². The van der Waals surface area contributed by atoms with Crippen molar-refractivity contribution in [1.82, 2.24) is 24.6 Å². The van der Waals surface area contributed by atoms with Gasteiger partial charge in [0.05, 0.1) is 13.1 Å². The quantitative estimate of drug-likeness (QED) is 0.652. The molecule has 0 atom stereocenters. The van der Waals surface area contributed by atoms with Crippen molar-refractivity contribution in [2.75, 3.05) is 27.2 Å². The Morgan fingerprint density at radius 2 is 1.86 bits per heavy atom. The molecule has 0 N–H and O–H groups in total. The predicted molar refractivity (Wildman–Crippen MR) is 109 cm³/mol. The molecule has 3 heterocycles. The molecule has 6 heteroatoms. The van der Waals surface area contributed by atoms with E-state index in [1.54, 1.807) is 0 Å². The molecule has 0 bridgehead atoms. The van der Waals surface area contributed by atoms with Crippen LogP contribution in [0.2, 0.25) is 0 Å². The van der Waals surface area contributed by atoms with Gasteiger partial charge in [-0.1, -0.05) is 18.2 Å². The van der Waals surface area contributed by atoms with Crippen LogP contribution in [0.5, 0.6) is 0 Å². The number of benzene rings is 1. The van der Waals surface area contributed by atoms with E-state index in [1.807, 2.05) is 12.1 Å². The molecule has 3 aromatic rings. The average Bonchev–Trinajstić information content (AvgIpc) is 3.31. The van der Waals surface area contributed by atoms with Crippen molar-refractivity contribution in [3.05, 3.63) is 47.7 Å². The number of rotatable bonds is 6. The molecule has 148 valence electrons. The van der Waals surface area contributed by atoms with Crippen molar-refractivity contribution < 1.29 is 4.42 Å². The fourth-order valence-corrected chi connectivity index (χ4v) is 4.42. The van der Waals surface area contributed by atoms with Crippen molar-refractivity contribution in [2.45, 2.75) is 50.7 Å². The molecule has 0 amide bonds. The molecular formula is C22H29N5O. The topological polar surface area (TPSA) is 50.3 Å². The van der Waals surface area contributed by atoms with Crippen LogP contribution in [0.4, 0.5) is 0 Å². The van der Waals surface area contributed by atoms with Gasteiger partial charge < -0.3 is 13.9 Å². The lowest BCUT2D eigenvalue weighted by Gasteiger charge is -2.31. The number of furan rings is 1. The van der Waals surface area contributed by atoms with Crippen LogP contribution in [0.3, 0.4) is 0 Å². The maximum Gasteiger partial charge on any atom is 0.147 e. The van der Waals surface area contributed by atoms with Crippen LogP contribution in [0.15, 0.2) is 34.7 Å². The highest BCUT2D eigenvalue weighted by Crippen LogP contribution is 2.40. The number of hydrogen-bond acceptors (Lipinski definition) is 5. The highest BCUT2D eigenvalue weighted by molar-refractivity contribution is 5.77. The third kappa shape index (κ3) is 3.59. The number of hydrogen-bond donors (Lipinski definition) is 0. The van der Waals surface area contributed by atoms with E-state index in [4.69, 9.17) is 4.42 Å². The van der Waals surface area contributed by atoms with E-state index in [9.17, 15) is 0 Å². The van der Waals surface area contributed by atoms with Crippen molar-refractivity contribution in [3.8, 4) is 0 Å². The van der Waals surface area contributed by atoms with Crippen LogP contribution in [0.1, 0.15) is 55.1 Å². The molecule has 5 rings (SSSR count). The Balaban J connectivity index is 1.25. The highest BCUT2D eigenvalue weighted by Gasteiger charge is 2.33. The summed E-state index contributed by atoms with van der Waals surface area (Å²) in [4.78, 5) is 4.69. The second-order valence-corrected chi connectivity index (χ2v) is 8.61. The lowest BCUT2D eigenvalue weighted by molar-refractivity contribution is 0.188. The Morgan fingerprint density at radius 3 is 2.57 bits per heavy atom. The highest BCUT2D eigenvalue weighted by atomic mass is 16.3. The number of aromatic nitrogens is 3. The normalized spacial score (nSPS) is 19.1. The van der Waals surface area contributed by atoms with Gasteiger partial charge in [0.2, 0.25) is 0 Å². The van der Waals surface area contributed by atoms with Crippen LogP contribution >= 0.6 is 0 Å². The minimum absolute atomic E-state index is 0.524. The van der Waals surface area contributed by atoms with Crippen molar-refractivity contribution in [3.63, 3.8) is 0 Å². The molecule has 2 aliphatic rings. The van der Waals surface area contributed by atoms with Crippen LogP contribution in [0, 0.1) is 0 Å². The number of para-hydroxylation sites is 1. The molecule has 2 fully saturated rings. The van der Waals surface area contributed by atoms with Crippen LogP contribution < -0.4 is 0 Å². The molecule has 0 radical (unpaired) electrons. The Bertz CT molecular complexity index is 914. The standard InChI is InChI=1S/C22H29N5O/c1-25(2)15-21-23-24-22(27(21)18-7-8-18)16-9-11-26(12-10-16)14-19-13-17-5-3-4-6-20(17)28-19/h3-6,13,16,18H,7-12,14-15H2,1-2H3. The van der Waals surface area contributed by atoms with Gasteiger partial charge in [-0.25, -0.2) is 0 Å². The van der Waals surface area contributed by atoms with Crippen LogP contribution in [0.25, 0.3) is 11.0 Å². The summed E-state index contributed by atoms with van der Waals surface area (Å²) in [7, 11) is 4.20. The molecule has 1 aromatic carbocycles. The van der Waals surface area contributed by atoms with Gasteiger partial charge in [0, 0.05) is 17.3 Å². The third-order valence-corrected chi connectivity index (χ3v) is 5.97. The van der Waals surface area contributed by atoms with E-state index in [1.165, 1.54) is 24.1 Å². The van der Waals surface area contributed by atoms with Crippen molar-refractivity contribution >= 4 is 11.0 Å². The summed E-state index contributed by atoms with van der Waals surface area (Å²) in [5.41, 5.74) is 0.985. The Labute approximate surface area is 166 Å². The van der Waals surface area contributed by atoms with E-state index >= 15 is 0 Å². The molecule has 0 spiro atoms. The van der Waals surface area contributed by atoms with E-state index in [2.05, 4.69) is 56.9 Å². The molecule has 28 heavy (non-hydrogen) atoms. The van der Waals surface area contributed by atoms with E-state index in [0.717, 1.165) is 56.2 Å². The molecule has 1 saturated heterocycles. The van der Waals surface area contributed by atoms with E-state index < -0.39 is 0 Å². The number of likely N-dealkylation sites (tertiary alicyclic amines) is 1. The Hall–Kier alpha value is -2.18. The van der Waals surface area contributed by atoms with E-state index in [-0.39, 0.29) is 0 Å². The fraction of sp³-hybridized carbons (Fsp3) is 0.545. The summed E-state index contributed by atoms with van der Waals surface area (Å²) in [6.07, 6.45) is 4.84. The summed E-state index contributed by atoms with van der Waals surface area (Å²) in [6, 6.07) is 11.1. The van der Waals surface area contributed by atoms with Crippen molar-refractivity contribution in [1.29, 1.82) is 0 Å². The SMILES string of the molecule is CN(C)Cc1nnc(C2CCN(Cc3cc4ccccc4o3)CC2)n1C1CC1. The first kappa shape index (κ1) is 17.9. The molecule has 1 saturated carbocycles. The first-order valence-corrected chi connectivity index (χ1v) is 10.5. The summed E-state index contributed by atoms with van der Waals surface area (Å²) in [5.74, 6) is 3.94. The molecule has 0 unspecified atom stereocenters. The van der Waals surface area contributed by atoms with E-state index in [0.29, 0.717) is 12.0 Å². The average molecular weight is 380 g/mol. The number of nitrogens with zero attached hydrogens (tertiary/aromatic N) is 5. The van der Waals surface area contributed by atoms with Crippen LogP contribution in [-0.4, -0.2) is 51.7 Å². The van der Waals surface area contributed by atoms with Crippen molar-refractivity contribution in [2.24, 2.45) is 0 Å². The van der Waals surface area contributed by atoms with Crippen LogP contribution in [-0.2, 0) is 13.1 Å². The zero-order chi connectivity index (χ0) is 19.1. The second kappa shape index (κ2) is 7.33. The lowest BCUT2D eigenvalue weighted by atomic mass is 9.95. The minimum Gasteiger partial charge on any atom is -0.460 e. The lowest BCUT2D eigenvalue weighted by Crippen LogP contribution is -2.33. The van der Waals surface area contributed by atoms with Gasteiger partial charge in [0.15, 0.2) is 0 Å². The maximum atomic E-state index is 6.01. The minimum atomic E-state index is 0.524. The maximum absolute atomic E-state index is 6.01.